The van der Waals surface area contributed by atoms with Crippen LogP contribution in [0.2, 0.25) is 0 Å². The maximum absolute atomic E-state index is 12.5. The van der Waals surface area contributed by atoms with E-state index in [2.05, 4.69) is 15.2 Å². The van der Waals surface area contributed by atoms with Gasteiger partial charge in [-0.2, -0.15) is 4.98 Å². The van der Waals surface area contributed by atoms with Crippen LogP contribution in [0.4, 0.5) is 5.95 Å². The van der Waals surface area contributed by atoms with Gasteiger partial charge in [0.05, 0.1) is 19.5 Å². The van der Waals surface area contributed by atoms with Crippen molar-refractivity contribution in [2.75, 3.05) is 20.0 Å². The fraction of sp³-hybridized carbons (Fsp3) is 0.308. The first-order chi connectivity index (χ1) is 10.1. The summed E-state index contributed by atoms with van der Waals surface area (Å²) in [5.41, 5.74) is 7.09. The van der Waals surface area contributed by atoms with Crippen molar-refractivity contribution in [1.82, 2.24) is 15.2 Å². The smallest absolute Gasteiger partial charge is 0.216 e. The number of Topliss-reactive ketones (excluding diaryl/α,β-unsaturated/α-hetero) is 1. The highest BCUT2D eigenvalue weighted by Gasteiger charge is 2.33. The number of hydrogen-bond acceptors (Lipinski definition) is 7. The number of H-pyrrole nitrogens is 1. The van der Waals surface area contributed by atoms with E-state index in [0.29, 0.717) is 28.6 Å². The lowest BCUT2D eigenvalue weighted by Gasteiger charge is -2.09. The minimum absolute atomic E-state index is 0.0410. The van der Waals surface area contributed by atoms with E-state index in [1.165, 1.54) is 11.8 Å². The van der Waals surface area contributed by atoms with Crippen molar-refractivity contribution in [3.8, 4) is 11.5 Å². The maximum Gasteiger partial charge on any atom is 0.216 e. The number of thioether (sulfide) groups is 1. The van der Waals surface area contributed by atoms with Crippen molar-refractivity contribution >= 4 is 23.5 Å². The number of carbonyl (C=O) groups is 1. The minimum atomic E-state index is -0.257. The van der Waals surface area contributed by atoms with Crippen molar-refractivity contribution in [3.05, 3.63) is 23.3 Å². The van der Waals surface area contributed by atoms with Crippen LogP contribution in [-0.4, -0.2) is 40.4 Å². The molecule has 0 saturated heterocycles. The van der Waals surface area contributed by atoms with Gasteiger partial charge in [0.2, 0.25) is 11.1 Å². The third-order valence-corrected chi connectivity index (χ3v) is 4.36. The first-order valence-corrected chi connectivity index (χ1v) is 7.14. The third-order valence-electron chi connectivity index (χ3n) is 3.30. The largest absolute Gasteiger partial charge is 0.493 e. The van der Waals surface area contributed by atoms with Crippen molar-refractivity contribution < 1.29 is 14.3 Å². The molecule has 0 bridgehead atoms. The van der Waals surface area contributed by atoms with Crippen molar-refractivity contribution in [2.24, 2.45) is 0 Å². The van der Waals surface area contributed by atoms with E-state index in [9.17, 15) is 4.79 Å². The molecule has 1 heterocycles. The van der Waals surface area contributed by atoms with Crippen LogP contribution in [0.5, 0.6) is 11.5 Å². The molecule has 0 spiro atoms. The Bertz CT molecular complexity index is 701. The molecule has 0 saturated carbocycles. The highest BCUT2D eigenvalue weighted by molar-refractivity contribution is 8.00. The zero-order chi connectivity index (χ0) is 15.0. The van der Waals surface area contributed by atoms with Crippen molar-refractivity contribution in [1.29, 1.82) is 0 Å². The molecule has 0 radical (unpaired) electrons. The number of aromatic amines is 1. The van der Waals surface area contributed by atoms with E-state index in [1.54, 1.807) is 20.3 Å². The van der Waals surface area contributed by atoms with Gasteiger partial charge in [-0.1, -0.05) is 11.8 Å². The molecule has 3 N–H and O–H groups in total. The predicted octanol–water partition coefficient (Wildman–Crippen LogP) is 1.30. The number of methoxy groups -OCH3 is 2. The average molecular weight is 306 g/mol. The number of hydrogen-bond donors (Lipinski definition) is 2. The van der Waals surface area contributed by atoms with Crippen LogP contribution in [0.1, 0.15) is 15.9 Å². The van der Waals surface area contributed by atoms with Gasteiger partial charge < -0.3 is 15.2 Å². The van der Waals surface area contributed by atoms with Gasteiger partial charge in [0.15, 0.2) is 17.3 Å². The zero-order valence-corrected chi connectivity index (χ0v) is 12.4. The normalized spacial score (nSPS) is 16.9. The molecule has 0 unspecified atom stereocenters. The number of nitrogen functional groups attached to an aromatic ring is 1. The number of benzene rings is 1. The fourth-order valence-electron chi connectivity index (χ4n) is 2.32. The summed E-state index contributed by atoms with van der Waals surface area (Å²) in [6.45, 7) is 0. The molecule has 0 fully saturated rings. The summed E-state index contributed by atoms with van der Waals surface area (Å²) in [4.78, 5) is 16.5. The quantitative estimate of drug-likeness (QED) is 0.877. The zero-order valence-electron chi connectivity index (χ0n) is 11.5. The lowest BCUT2D eigenvalue weighted by molar-refractivity contribution is 0.1000. The molecule has 0 aliphatic heterocycles. The van der Waals surface area contributed by atoms with Crippen LogP contribution in [-0.2, 0) is 6.42 Å². The second kappa shape index (κ2) is 5.28. The van der Waals surface area contributed by atoms with E-state index in [0.717, 1.165) is 5.56 Å². The number of nitrogens with one attached hydrogen (secondary N) is 1. The average Bonchev–Trinajstić information content (AvgIpc) is 3.02. The van der Waals surface area contributed by atoms with Gasteiger partial charge in [0.1, 0.15) is 0 Å². The van der Waals surface area contributed by atoms with Gasteiger partial charge in [-0.05, 0) is 24.1 Å². The third kappa shape index (κ3) is 2.42. The second-order valence-electron chi connectivity index (χ2n) is 4.54. The summed E-state index contributed by atoms with van der Waals surface area (Å²) >= 11 is 1.30. The Morgan fingerprint density at radius 2 is 2.05 bits per heavy atom. The monoisotopic (exact) mass is 306 g/mol. The van der Waals surface area contributed by atoms with E-state index in [-0.39, 0.29) is 17.0 Å². The Hall–Kier alpha value is -2.22. The summed E-state index contributed by atoms with van der Waals surface area (Å²) in [6, 6.07) is 3.57. The highest BCUT2D eigenvalue weighted by Crippen LogP contribution is 2.39. The van der Waals surface area contributed by atoms with Gasteiger partial charge in [0.25, 0.3) is 0 Å². The summed E-state index contributed by atoms with van der Waals surface area (Å²) in [7, 11) is 3.12. The summed E-state index contributed by atoms with van der Waals surface area (Å²) < 4.78 is 10.5. The van der Waals surface area contributed by atoms with E-state index < -0.39 is 0 Å². The van der Waals surface area contributed by atoms with Crippen LogP contribution in [0.3, 0.4) is 0 Å². The Kier molecular flexibility index (Phi) is 3.46. The van der Waals surface area contributed by atoms with Crippen molar-refractivity contribution in [3.63, 3.8) is 0 Å². The van der Waals surface area contributed by atoms with Gasteiger partial charge in [-0.3, -0.25) is 4.79 Å². The van der Waals surface area contributed by atoms with Crippen LogP contribution in [0.25, 0.3) is 0 Å². The van der Waals surface area contributed by atoms with Crippen LogP contribution >= 0.6 is 11.8 Å². The van der Waals surface area contributed by atoms with E-state index in [4.69, 9.17) is 15.2 Å². The number of nitrogens with zero attached hydrogens (tertiary/aromatic N) is 2. The lowest BCUT2D eigenvalue weighted by atomic mass is 10.1. The molecule has 8 heteroatoms. The molecule has 1 atom stereocenters. The number of anilines is 1. The van der Waals surface area contributed by atoms with E-state index >= 15 is 0 Å². The molecule has 1 aromatic heterocycles. The number of carbonyl (C=O) groups excluding carboxylic acids is 1. The molecule has 7 nitrogen and oxygen atoms in total. The van der Waals surface area contributed by atoms with Gasteiger partial charge in [-0.15, -0.1) is 5.10 Å². The summed E-state index contributed by atoms with van der Waals surface area (Å²) in [6.07, 6.45) is 0.605. The Morgan fingerprint density at radius 1 is 1.33 bits per heavy atom. The number of fused-ring (bicyclic) bond motifs is 1. The minimum Gasteiger partial charge on any atom is -0.493 e. The standard InChI is InChI=1S/C13H14N4O3S/c1-19-8-3-6-4-10(21-13-15-12(14)16-17-13)11(18)7(6)5-9(8)20-2/h3,5,10H,4H2,1-2H3,(H3,14,15,16,17)/t10-/m1/s1. The fourth-order valence-corrected chi connectivity index (χ4v) is 3.32. The first-order valence-electron chi connectivity index (χ1n) is 6.26. The van der Waals surface area contributed by atoms with E-state index in [1.807, 2.05) is 6.07 Å². The number of ether oxygens (including phenoxy) is 2. The molecule has 1 aromatic carbocycles. The molecule has 2 aromatic rings. The second-order valence-corrected chi connectivity index (χ2v) is 5.71. The van der Waals surface area contributed by atoms with Crippen LogP contribution in [0.15, 0.2) is 17.3 Å². The SMILES string of the molecule is COc1cc2c(cc1OC)C(=O)[C@H](Sc1n[nH]c(N)n1)C2. The Morgan fingerprint density at radius 3 is 2.67 bits per heavy atom. The number of rotatable bonds is 4. The number of nitrogens with two attached hydrogens (primary N) is 1. The number of aromatic nitrogens is 3. The Balaban J connectivity index is 1.87. The molecule has 1 aliphatic rings. The Labute approximate surface area is 125 Å². The highest BCUT2D eigenvalue weighted by atomic mass is 32.2. The van der Waals surface area contributed by atoms with Gasteiger partial charge >= 0.3 is 0 Å². The molecule has 1 aliphatic carbocycles. The molecule has 3 rings (SSSR count). The number of ketones is 1. The first kappa shape index (κ1) is 13.7. The summed E-state index contributed by atoms with van der Waals surface area (Å²) in [5, 5.41) is 6.72. The van der Waals surface area contributed by atoms with Crippen molar-refractivity contribution in [2.45, 2.75) is 16.8 Å². The molecular formula is C13H14N4O3S. The summed E-state index contributed by atoms with van der Waals surface area (Å²) in [5.74, 6) is 1.46. The molecule has 110 valence electrons. The maximum atomic E-state index is 12.5. The van der Waals surface area contributed by atoms with Gasteiger partial charge in [0, 0.05) is 5.56 Å². The topological polar surface area (TPSA) is 103 Å². The van der Waals surface area contributed by atoms with Crippen LogP contribution in [0, 0.1) is 0 Å². The predicted molar refractivity (Wildman–Crippen MR) is 78.0 cm³/mol. The van der Waals surface area contributed by atoms with Crippen LogP contribution < -0.4 is 15.2 Å². The molecular weight excluding hydrogens is 292 g/mol. The lowest BCUT2D eigenvalue weighted by Crippen LogP contribution is -2.11. The van der Waals surface area contributed by atoms with Gasteiger partial charge in [-0.25, -0.2) is 5.10 Å². The molecule has 0 amide bonds. The molecule has 21 heavy (non-hydrogen) atoms.